The smallest absolute Gasteiger partial charge is 0.313 e. The van der Waals surface area contributed by atoms with Crippen LogP contribution in [0, 0.1) is 5.92 Å². The van der Waals surface area contributed by atoms with Crippen molar-refractivity contribution in [1.82, 2.24) is 4.90 Å². The predicted molar refractivity (Wildman–Crippen MR) is 126 cm³/mol. The SMILES string of the molecule is CC(C)Cc1ccc(C(C)C(=O)OCCCCCCSCCN2CCCC2=O)cc1. The number of ether oxygens (including phenoxy) is 1. The first-order valence-corrected chi connectivity index (χ1v) is 12.7. The molecule has 1 aliphatic rings. The molecule has 1 saturated heterocycles. The molecule has 5 heteroatoms. The third-order valence-electron chi connectivity index (χ3n) is 5.58. The van der Waals surface area contributed by atoms with Crippen LogP contribution in [0.5, 0.6) is 0 Å². The van der Waals surface area contributed by atoms with E-state index in [1.807, 2.05) is 23.6 Å². The molecular weight excluding hydrogens is 394 g/mol. The lowest BCUT2D eigenvalue weighted by Crippen LogP contribution is -2.26. The molecule has 1 aromatic carbocycles. The molecule has 2 rings (SSSR count). The Morgan fingerprint density at radius 2 is 1.80 bits per heavy atom. The lowest BCUT2D eigenvalue weighted by molar-refractivity contribution is -0.145. The maximum Gasteiger partial charge on any atom is 0.313 e. The number of thioether (sulfide) groups is 1. The fraction of sp³-hybridized carbons (Fsp3) is 0.680. The summed E-state index contributed by atoms with van der Waals surface area (Å²) in [6.45, 7) is 8.71. The van der Waals surface area contributed by atoms with E-state index in [-0.39, 0.29) is 11.9 Å². The molecule has 1 aliphatic heterocycles. The van der Waals surface area contributed by atoms with Crippen LogP contribution in [0.4, 0.5) is 0 Å². The summed E-state index contributed by atoms with van der Waals surface area (Å²) < 4.78 is 5.48. The fourth-order valence-electron chi connectivity index (χ4n) is 3.72. The Morgan fingerprint density at radius 3 is 2.47 bits per heavy atom. The summed E-state index contributed by atoms with van der Waals surface area (Å²) >= 11 is 1.94. The Hall–Kier alpha value is -1.49. The van der Waals surface area contributed by atoms with Gasteiger partial charge in [-0.05, 0) is 55.4 Å². The molecule has 168 valence electrons. The minimum Gasteiger partial charge on any atom is -0.465 e. The Morgan fingerprint density at radius 1 is 1.07 bits per heavy atom. The Labute approximate surface area is 187 Å². The zero-order valence-corrected chi connectivity index (χ0v) is 19.8. The van der Waals surface area contributed by atoms with Crippen LogP contribution in [-0.2, 0) is 20.7 Å². The van der Waals surface area contributed by atoms with Crippen LogP contribution in [0.3, 0.4) is 0 Å². The van der Waals surface area contributed by atoms with Gasteiger partial charge in [0.1, 0.15) is 0 Å². The highest BCUT2D eigenvalue weighted by atomic mass is 32.2. The van der Waals surface area contributed by atoms with E-state index >= 15 is 0 Å². The van der Waals surface area contributed by atoms with Gasteiger partial charge in [0.15, 0.2) is 0 Å². The monoisotopic (exact) mass is 433 g/mol. The first-order valence-electron chi connectivity index (χ1n) is 11.6. The van der Waals surface area contributed by atoms with Crippen LogP contribution in [0.1, 0.15) is 76.3 Å². The van der Waals surface area contributed by atoms with Crippen LogP contribution in [-0.4, -0.2) is 48.0 Å². The molecule has 1 heterocycles. The topological polar surface area (TPSA) is 46.6 Å². The maximum atomic E-state index is 12.3. The number of likely N-dealkylation sites (tertiary alicyclic amines) is 1. The van der Waals surface area contributed by atoms with Gasteiger partial charge in [0.2, 0.25) is 5.91 Å². The first kappa shape index (κ1) is 24.8. The number of esters is 1. The number of hydrogen-bond donors (Lipinski definition) is 0. The number of hydrogen-bond acceptors (Lipinski definition) is 4. The third-order valence-corrected chi connectivity index (χ3v) is 6.63. The third kappa shape index (κ3) is 9.11. The van der Waals surface area contributed by atoms with Gasteiger partial charge in [0.25, 0.3) is 0 Å². The molecule has 0 bridgehead atoms. The van der Waals surface area contributed by atoms with Crippen molar-refractivity contribution in [1.29, 1.82) is 0 Å². The summed E-state index contributed by atoms with van der Waals surface area (Å²) in [6, 6.07) is 8.36. The lowest BCUT2D eigenvalue weighted by Gasteiger charge is -2.14. The lowest BCUT2D eigenvalue weighted by atomic mass is 9.97. The van der Waals surface area contributed by atoms with Crippen molar-refractivity contribution in [3.05, 3.63) is 35.4 Å². The Bertz CT molecular complexity index is 644. The second-order valence-electron chi connectivity index (χ2n) is 8.74. The number of amides is 1. The van der Waals surface area contributed by atoms with E-state index < -0.39 is 0 Å². The molecule has 0 N–H and O–H groups in total. The number of nitrogens with zero attached hydrogens (tertiary/aromatic N) is 1. The van der Waals surface area contributed by atoms with Gasteiger partial charge < -0.3 is 9.64 Å². The van der Waals surface area contributed by atoms with E-state index in [2.05, 4.69) is 38.1 Å². The van der Waals surface area contributed by atoms with Crippen molar-refractivity contribution in [2.45, 2.75) is 71.6 Å². The van der Waals surface area contributed by atoms with Crippen molar-refractivity contribution < 1.29 is 14.3 Å². The summed E-state index contributed by atoms with van der Waals surface area (Å²) in [6.07, 6.45) is 7.20. The molecule has 30 heavy (non-hydrogen) atoms. The van der Waals surface area contributed by atoms with Gasteiger partial charge in [-0.25, -0.2) is 0 Å². The van der Waals surface area contributed by atoms with Gasteiger partial charge in [-0.2, -0.15) is 11.8 Å². The van der Waals surface area contributed by atoms with Gasteiger partial charge in [0, 0.05) is 25.3 Å². The minimum atomic E-state index is -0.211. The van der Waals surface area contributed by atoms with Crippen LogP contribution < -0.4 is 0 Å². The summed E-state index contributed by atoms with van der Waals surface area (Å²) in [5, 5.41) is 0. The van der Waals surface area contributed by atoms with Crippen molar-refractivity contribution >= 4 is 23.6 Å². The molecule has 4 nitrogen and oxygen atoms in total. The number of benzene rings is 1. The van der Waals surface area contributed by atoms with Crippen molar-refractivity contribution in [2.24, 2.45) is 5.92 Å². The summed E-state index contributed by atoms with van der Waals surface area (Å²) in [4.78, 5) is 25.8. The highest BCUT2D eigenvalue weighted by molar-refractivity contribution is 7.99. The highest BCUT2D eigenvalue weighted by Crippen LogP contribution is 2.19. The standard InChI is InChI=1S/C25H39NO3S/c1-20(2)19-22-10-12-23(13-11-22)21(3)25(28)29-16-6-4-5-7-17-30-18-15-26-14-8-9-24(26)27/h10-13,20-21H,4-9,14-19H2,1-3H3. The van der Waals surface area contributed by atoms with E-state index in [1.165, 1.54) is 18.4 Å². The van der Waals surface area contributed by atoms with Crippen molar-refractivity contribution in [2.75, 3.05) is 31.2 Å². The summed E-state index contributed by atoms with van der Waals surface area (Å²) in [7, 11) is 0. The maximum absolute atomic E-state index is 12.3. The summed E-state index contributed by atoms with van der Waals surface area (Å²) in [5.74, 6) is 2.81. The predicted octanol–water partition coefficient (Wildman–Crippen LogP) is 5.45. The average Bonchev–Trinajstić information content (AvgIpc) is 3.13. The van der Waals surface area contributed by atoms with E-state index in [4.69, 9.17) is 4.74 Å². The second kappa shape index (κ2) is 13.7. The van der Waals surface area contributed by atoms with Crippen LogP contribution in [0.15, 0.2) is 24.3 Å². The number of carbonyl (C=O) groups excluding carboxylic acids is 2. The normalized spacial score (nSPS) is 15.1. The summed E-state index contributed by atoms with van der Waals surface area (Å²) in [5.41, 5.74) is 2.34. The van der Waals surface area contributed by atoms with Crippen LogP contribution >= 0.6 is 11.8 Å². The van der Waals surface area contributed by atoms with Crippen molar-refractivity contribution in [3.8, 4) is 0 Å². The Balaban J connectivity index is 1.48. The van der Waals surface area contributed by atoms with E-state index in [0.29, 0.717) is 18.4 Å². The highest BCUT2D eigenvalue weighted by Gasteiger charge is 2.19. The molecule has 1 fully saturated rings. The molecule has 0 spiro atoms. The van der Waals surface area contributed by atoms with Crippen molar-refractivity contribution in [3.63, 3.8) is 0 Å². The Kier molecular flexibility index (Phi) is 11.3. The molecule has 1 unspecified atom stereocenters. The molecule has 0 saturated carbocycles. The van der Waals surface area contributed by atoms with Gasteiger partial charge in [0.05, 0.1) is 12.5 Å². The number of unbranched alkanes of at least 4 members (excludes halogenated alkanes) is 3. The largest absolute Gasteiger partial charge is 0.465 e. The molecule has 1 amide bonds. The average molecular weight is 434 g/mol. The fourth-order valence-corrected chi connectivity index (χ4v) is 4.69. The quantitative estimate of drug-likeness (QED) is 0.289. The van der Waals surface area contributed by atoms with Gasteiger partial charge in [-0.1, -0.05) is 51.0 Å². The molecule has 1 atom stereocenters. The molecule has 0 radical (unpaired) electrons. The zero-order chi connectivity index (χ0) is 21.8. The first-order chi connectivity index (χ1) is 14.5. The van der Waals surface area contributed by atoms with Gasteiger partial charge >= 0.3 is 5.97 Å². The second-order valence-corrected chi connectivity index (χ2v) is 9.96. The zero-order valence-electron chi connectivity index (χ0n) is 19.0. The molecule has 1 aromatic rings. The van der Waals surface area contributed by atoms with E-state index in [9.17, 15) is 9.59 Å². The van der Waals surface area contributed by atoms with Crippen LogP contribution in [0.2, 0.25) is 0 Å². The van der Waals surface area contributed by atoms with E-state index in [1.54, 1.807) is 0 Å². The van der Waals surface area contributed by atoms with Crippen LogP contribution in [0.25, 0.3) is 0 Å². The van der Waals surface area contributed by atoms with Gasteiger partial charge in [-0.15, -0.1) is 0 Å². The molecule has 0 aliphatic carbocycles. The number of carbonyl (C=O) groups is 2. The number of rotatable bonds is 14. The minimum absolute atomic E-state index is 0.126. The van der Waals surface area contributed by atoms with E-state index in [0.717, 1.165) is 62.3 Å². The van der Waals surface area contributed by atoms with Gasteiger partial charge in [-0.3, -0.25) is 9.59 Å². The molecular formula is C25H39NO3S. The molecule has 0 aromatic heterocycles.